The molecule has 0 aliphatic carbocycles. The molecule has 1 aromatic rings. The average Bonchev–Trinajstić information content (AvgIpc) is 2.34. The van der Waals surface area contributed by atoms with Gasteiger partial charge in [-0.1, -0.05) is 0 Å². The molecule has 18 heavy (non-hydrogen) atoms. The molecule has 0 radical (unpaired) electrons. The van der Waals surface area contributed by atoms with Crippen LogP contribution in [0.15, 0.2) is 12.1 Å². The van der Waals surface area contributed by atoms with Gasteiger partial charge in [0.1, 0.15) is 11.5 Å². The quantitative estimate of drug-likeness (QED) is 0.852. The molecule has 0 aliphatic rings. The first-order valence-corrected chi connectivity index (χ1v) is 5.71. The number of halogens is 2. The van der Waals surface area contributed by atoms with Crippen molar-refractivity contribution in [1.29, 1.82) is 0 Å². The fourth-order valence-electron chi connectivity index (χ4n) is 1.88. The second-order valence-corrected chi connectivity index (χ2v) is 4.08. The van der Waals surface area contributed by atoms with Crippen LogP contribution < -0.4 is 14.8 Å². The minimum atomic E-state index is -2.93. The standard InChI is InChI=1S/C13H19F2NO2/c1-9-7-10(17-3)8-11(18-4)12(9)13(14,15)5-6-16-2/h7-8,16H,5-6H2,1-4H3. The van der Waals surface area contributed by atoms with Gasteiger partial charge >= 0.3 is 0 Å². The zero-order chi connectivity index (χ0) is 13.8. The van der Waals surface area contributed by atoms with Gasteiger partial charge in [-0.2, -0.15) is 0 Å². The maximum Gasteiger partial charge on any atom is 0.278 e. The number of methoxy groups -OCH3 is 2. The van der Waals surface area contributed by atoms with E-state index < -0.39 is 5.92 Å². The van der Waals surface area contributed by atoms with Crippen LogP contribution in [0.1, 0.15) is 17.5 Å². The molecule has 0 aliphatic heterocycles. The van der Waals surface area contributed by atoms with E-state index in [2.05, 4.69) is 5.32 Å². The van der Waals surface area contributed by atoms with Gasteiger partial charge in [-0.25, -0.2) is 8.78 Å². The van der Waals surface area contributed by atoms with Crippen molar-refractivity contribution in [3.05, 3.63) is 23.3 Å². The zero-order valence-corrected chi connectivity index (χ0v) is 11.1. The van der Waals surface area contributed by atoms with Gasteiger partial charge in [-0.3, -0.25) is 0 Å². The molecule has 0 amide bonds. The molecular weight excluding hydrogens is 240 g/mol. The molecule has 0 bridgehead atoms. The van der Waals surface area contributed by atoms with Crippen LogP contribution in [0.5, 0.6) is 11.5 Å². The number of hydrogen-bond acceptors (Lipinski definition) is 3. The van der Waals surface area contributed by atoms with Gasteiger partial charge in [0.25, 0.3) is 5.92 Å². The summed E-state index contributed by atoms with van der Waals surface area (Å²) in [6.07, 6.45) is -0.271. The summed E-state index contributed by atoms with van der Waals surface area (Å²) in [7, 11) is 4.52. The van der Waals surface area contributed by atoms with E-state index in [0.29, 0.717) is 11.3 Å². The van der Waals surface area contributed by atoms with Crippen LogP contribution in [0.2, 0.25) is 0 Å². The van der Waals surface area contributed by atoms with Crippen LogP contribution in [-0.2, 0) is 5.92 Å². The third-order valence-electron chi connectivity index (χ3n) is 2.78. The molecule has 0 unspecified atom stereocenters. The summed E-state index contributed by atoms with van der Waals surface area (Å²) in [6.45, 7) is 1.87. The maximum absolute atomic E-state index is 14.1. The van der Waals surface area contributed by atoms with Crippen molar-refractivity contribution in [3.8, 4) is 11.5 Å². The van der Waals surface area contributed by atoms with E-state index in [4.69, 9.17) is 9.47 Å². The van der Waals surface area contributed by atoms with Crippen LogP contribution >= 0.6 is 0 Å². The molecule has 0 fully saturated rings. The first-order chi connectivity index (χ1) is 8.46. The van der Waals surface area contributed by atoms with Gasteiger partial charge in [0.05, 0.1) is 19.8 Å². The Balaban J connectivity index is 3.21. The third-order valence-corrected chi connectivity index (χ3v) is 2.78. The normalized spacial score (nSPS) is 11.4. The average molecular weight is 259 g/mol. The second-order valence-electron chi connectivity index (χ2n) is 4.08. The van der Waals surface area contributed by atoms with Crippen LogP contribution in [0.3, 0.4) is 0 Å². The molecule has 1 rings (SSSR count). The topological polar surface area (TPSA) is 30.5 Å². The van der Waals surface area contributed by atoms with Gasteiger partial charge in [0.15, 0.2) is 0 Å². The number of nitrogens with one attached hydrogen (secondary N) is 1. The van der Waals surface area contributed by atoms with Crippen molar-refractivity contribution in [2.24, 2.45) is 0 Å². The van der Waals surface area contributed by atoms with Crippen molar-refractivity contribution in [3.63, 3.8) is 0 Å². The third kappa shape index (κ3) is 3.10. The number of aryl methyl sites for hydroxylation is 1. The lowest BCUT2D eigenvalue weighted by Crippen LogP contribution is -2.22. The maximum atomic E-state index is 14.1. The summed E-state index contributed by atoms with van der Waals surface area (Å²) in [5, 5.41) is 2.73. The highest BCUT2D eigenvalue weighted by molar-refractivity contribution is 5.48. The fourth-order valence-corrected chi connectivity index (χ4v) is 1.88. The van der Waals surface area contributed by atoms with Crippen molar-refractivity contribution in [2.75, 3.05) is 27.8 Å². The van der Waals surface area contributed by atoms with Gasteiger partial charge < -0.3 is 14.8 Å². The highest BCUT2D eigenvalue weighted by Crippen LogP contribution is 2.41. The Bertz CT molecular complexity index is 408. The van der Waals surface area contributed by atoms with Crippen LogP contribution in [0.25, 0.3) is 0 Å². The Morgan fingerprint density at radius 3 is 2.39 bits per heavy atom. The lowest BCUT2D eigenvalue weighted by molar-refractivity contribution is -0.0150. The van der Waals surface area contributed by atoms with Crippen molar-refractivity contribution in [2.45, 2.75) is 19.3 Å². The van der Waals surface area contributed by atoms with Crippen molar-refractivity contribution < 1.29 is 18.3 Å². The van der Waals surface area contributed by atoms with Gasteiger partial charge in [-0.15, -0.1) is 0 Å². The molecule has 0 heterocycles. The smallest absolute Gasteiger partial charge is 0.278 e. The minimum Gasteiger partial charge on any atom is -0.497 e. The van der Waals surface area contributed by atoms with E-state index in [1.54, 1.807) is 20.0 Å². The molecule has 1 N–H and O–H groups in total. The molecule has 0 aromatic heterocycles. The van der Waals surface area contributed by atoms with E-state index in [0.717, 1.165) is 0 Å². The van der Waals surface area contributed by atoms with Crippen LogP contribution in [0.4, 0.5) is 8.78 Å². The number of benzene rings is 1. The summed E-state index contributed by atoms with van der Waals surface area (Å²) < 4.78 is 38.4. The van der Waals surface area contributed by atoms with E-state index in [-0.39, 0.29) is 24.3 Å². The Morgan fingerprint density at radius 2 is 1.89 bits per heavy atom. The number of alkyl halides is 2. The predicted octanol–water partition coefficient (Wildman–Crippen LogP) is 2.71. The SMILES string of the molecule is CNCCC(F)(F)c1c(C)cc(OC)cc1OC. The Morgan fingerprint density at radius 1 is 1.22 bits per heavy atom. The number of ether oxygens (including phenoxy) is 2. The largest absolute Gasteiger partial charge is 0.497 e. The monoisotopic (exact) mass is 259 g/mol. The Kier molecular flexibility index (Phi) is 4.90. The highest BCUT2D eigenvalue weighted by Gasteiger charge is 2.36. The van der Waals surface area contributed by atoms with Crippen molar-refractivity contribution >= 4 is 0 Å². The van der Waals surface area contributed by atoms with Gasteiger partial charge in [0, 0.05) is 19.0 Å². The minimum absolute atomic E-state index is 0.0685. The molecule has 0 saturated carbocycles. The van der Waals surface area contributed by atoms with Crippen LogP contribution in [0, 0.1) is 6.92 Å². The summed E-state index contributed by atoms with van der Waals surface area (Å²) in [4.78, 5) is 0. The summed E-state index contributed by atoms with van der Waals surface area (Å²) in [5.74, 6) is -2.25. The zero-order valence-electron chi connectivity index (χ0n) is 11.1. The number of hydrogen-bond donors (Lipinski definition) is 1. The molecule has 0 atom stereocenters. The van der Waals surface area contributed by atoms with Crippen molar-refractivity contribution in [1.82, 2.24) is 5.32 Å². The summed E-state index contributed by atoms with van der Waals surface area (Å²) >= 11 is 0. The van der Waals surface area contributed by atoms with Gasteiger partial charge in [-0.05, 0) is 25.6 Å². The van der Waals surface area contributed by atoms with Gasteiger partial charge in [0.2, 0.25) is 0 Å². The van der Waals surface area contributed by atoms with E-state index in [9.17, 15) is 8.78 Å². The summed E-state index contributed by atoms with van der Waals surface area (Å²) in [5.41, 5.74) is 0.397. The molecule has 3 nitrogen and oxygen atoms in total. The number of rotatable bonds is 6. The van der Waals surface area contributed by atoms with E-state index in [1.165, 1.54) is 20.3 Å². The molecule has 1 aromatic carbocycles. The lowest BCUT2D eigenvalue weighted by atomic mass is 9.98. The Hall–Kier alpha value is -1.36. The second kappa shape index (κ2) is 6.00. The van der Waals surface area contributed by atoms with E-state index in [1.807, 2.05) is 0 Å². The lowest BCUT2D eigenvalue weighted by Gasteiger charge is -2.22. The molecule has 5 heteroatoms. The fraction of sp³-hybridized carbons (Fsp3) is 0.538. The predicted molar refractivity (Wildman–Crippen MR) is 66.7 cm³/mol. The van der Waals surface area contributed by atoms with E-state index >= 15 is 0 Å². The highest BCUT2D eigenvalue weighted by atomic mass is 19.3. The first-order valence-electron chi connectivity index (χ1n) is 5.71. The molecule has 102 valence electrons. The Labute approximate surface area is 106 Å². The summed E-state index contributed by atoms with van der Waals surface area (Å²) in [6, 6.07) is 3.07. The molecular formula is C13H19F2NO2. The first kappa shape index (κ1) is 14.7. The molecule has 0 spiro atoms. The molecule has 0 saturated heterocycles. The van der Waals surface area contributed by atoms with Crippen LogP contribution in [-0.4, -0.2) is 27.8 Å².